The second kappa shape index (κ2) is 5.41. The average Bonchev–Trinajstić information content (AvgIpc) is 2.36. The molecule has 0 aliphatic rings. The maximum Gasteiger partial charge on any atom is 0.161 e. The molecule has 1 atom stereocenters. The summed E-state index contributed by atoms with van der Waals surface area (Å²) in [5.41, 5.74) is 5.97. The van der Waals surface area contributed by atoms with E-state index in [9.17, 15) is 13.2 Å². The van der Waals surface area contributed by atoms with Crippen LogP contribution in [-0.4, -0.2) is 0 Å². The molecule has 0 radical (unpaired) electrons. The van der Waals surface area contributed by atoms with E-state index in [0.717, 1.165) is 0 Å². The number of hydrogen-bond acceptors (Lipinski definition) is 1. The molecule has 100 valence electrons. The van der Waals surface area contributed by atoms with Gasteiger partial charge < -0.3 is 5.73 Å². The Morgan fingerprint density at radius 2 is 1.53 bits per heavy atom. The minimum atomic E-state index is -1.27. The Balaban J connectivity index is 2.53. The summed E-state index contributed by atoms with van der Waals surface area (Å²) in [6.07, 6.45) is 0. The van der Waals surface area contributed by atoms with Crippen molar-refractivity contribution in [3.63, 3.8) is 0 Å². The highest BCUT2D eigenvalue weighted by Crippen LogP contribution is 2.33. The first-order valence-electron chi connectivity index (χ1n) is 5.25. The zero-order chi connectivity index (χ0) is 14.2. The molecule has 2 aromatic carbocycles. The molecule has 0 aliphatic heterocycles. The molecule has 2 N–H and O–H groups in total. The molecule has 0 aliphatic carbocycles. The maximum atomic E-state index is 13.6. The summed E-state index contributed by atoms with van der Waals surface area (Å²) < 4.78 is 39.7. The van der Waals surface area contributed by atoms with Gasteiger partial charge in [-0.3, -0.25) is 0 Å². The van der Waals surface area contributed by atoms with Crippen molar-refractivity contribution in [3.8, 4) is 0 Å². The van der Waals surface area contributed by atoms with Crippen LogP contribution in [-0.2, 0) is 0 Å². The Morgan fingerprint density at radius 1 is 0.895 bits per heavy atom. The molecule has 0 aromatic heterocycles. The van der Waals surface area contributed by atoms with Gasteiger partial charge in [0, 0.05) is 11.6 Å². The molecule has 2 aromatic rings. The number of nitrogens with two attached hydrogens (primary N) is 1. The Labute approximate surface area is 117 Å². The average molecular weight is 306 g/mol. The number of hydrogen-bond donors (Lipinski definition) is 1. The Kier molecular flexibility index (Phi) is 4.04. The monoisotopic (exact) mass is 305 g/mol. The van der Waals surface area contributed by atoms with Crippen molar-refractivity contribution < 1.29 is 13.2 Å². The van der Waals surface area contributed by atoms with E-state index < -0.39 is 23.5 Å². The van der Waals surface area contributed by atoms with Gasteiger partial charge in [-0.15, -0.1) is 0 Å². The molecule has 0 heterocycles. The summed E-state index contributed by atoms with van der Waals surface area (Å²) in [5, 5.41) is 0.401. The van der Waals surface area contributed by atoms with Gasteiger partial charge >= 0.3 is 0 Å². The molecule has 0 amide bonds. The standard InChI is InChI=1S/C13H8Cl2F3N/c14-8-3-1-2-6(12(8)15)13(19)7-4-10(17)11(18)5-9(7)16/h1-5,13H,19H2. The van der Waals surface area contributed by atoms with Crippen molar-refractivity contribution in [3.05, 3.63) is 69.0 Å². The third-order valence-corrected chi connectivity index (χ3v) is 3.52. The van der Waals surface area contributed by atoms with Gasteiger partial charge in [-0.05, 0) is 17.7 Å². The van der Waals surface area contributed by atoms with Crippen molar-refractivity contribution in [1.82, 2.24) is 0 Å². The second-order valence-electron chi connectivity index (χ2n) is 3.91. The van der Waals surface area contributed by atoms with Gasteiger partial charge in [0.25, 0.3) is 0 Å². The first-order valence-corrected chi connectivity index (χ1v) is 6.01. The minimum Gasteiger partial charge on any atom is -0.320 e. The SMILES string of the molecule is NC(c1cc(F)c(F)cc1F)c1cccc(Cl)c1Cl. The fourth-order valence-electron chi connectivity index (χ4n) is 1.70. The fraction of sp³-hybridized carbons (Fsp3) is 0.0769. The Bertz CT molecular complexity index is 632. The van der Waals surface area contributed by atoms with Gasteiger partial charge in [0.1, 0.15) is 5.82 Å². The van der Waals surface area contributed by atoms with Crippen LogP contribution in [0.25, 0.3) is 0 Å². The van der Waals surface area contributed by atoms with E-state index in [1.54, 1.807) is 18.2 Å². The van der Waals surface area contributed by atoms with E-state index in [2.05, 4.69) is 0 Å². The van der Waals surface area contributed by atoms with Crippen LogP contribution in [0.15, 0.2) is 30.3 Å². The third-order valence-electron chi connectivity index (χ3n) is 2.69. The maximum absolute atomic E-state index is 13.6. The first kappa shape index (κ1) is 14.2. The van der Waals surface area contributed by atoms with Gasteiger partial charge in [0.15, 0.2) is 11.6 Å². The fourth-order valence-corrected chi connectivity index (χ4v) is 2.13. The molecule has 0 saturated heterocycles. The third kappa shape index (κ3) is 2.71. The molecule has 0 saturated carbocycles. The van der Waals surface area contributed by atoms with E-state index in [1.807, 2.05) is 0 Å². The van der Waals surface area contributed by atoms with Crippen molar-refractivity contribution in [2.24, 2.45) is 5.73 Å². The zero-order valence-electron chi connectivity index (χ0n) is 9.43. The van der Waals surface area contributed by atoms with Crippen LogP contribution in [0.5, 0.6) is 0 Å². The van der Waals surface area contributed by atoms with Crippen molar-refractivity contribution >= 4 is 23.2 Å². The smallest absolute Gasteiger partial charge is 0.161 e. The molecule has 1 unspecified atom stereocenters. The van der Waals surface area contributed by atoms with Crippen molar-refractivity contribution in [2.45, 2.75) is 6.04 Å². The summed E-state index contributed by atoms with van der Waals surface area (Å²) >= 11 is 11.8. The van der Waals surface area contributed by atoms with Crippen LogP contribution in [0.2, 0.25) is 10.0 Å². The second-order valence-corrected chi connectivity index (χ2v) is 4.69. The van der Waals surface area contributed by atoms with E-state index >= 15 is 0 Å². The molecule has 19 heavy (non-hydrogen) atoms. The molecule has 1 nitrogen and oxygen atoms in total. The number of benzene rings is 2. The molecular formula is C13H8Cl2F3N. The van der Waals surface area contributed by atoms with Crippen LogP contribution in [0.4, 0.5) is 13.2 Å². The van der Waals surface area contributed by atoms with E-state index in [-0.39, 0.29) is 15.6 Å². The normalized spacial score (nSPS) is 12.5. The van der Waals surface area contributed by atoms with Gasteiger partial charge in [-0.25, -0.2) is 13.2 Å². The van der Waals surface area contributed by atoms with Crippen LogP contribution in [0.3, 0.4) is 0 Å². The summed E-state index contributed by atoms with van der Waals surface area (Å²) in [5.74, 6) is -3.39. The van der Waals surface area contributed by atoms with Crippen molar-refractivity contribution in [2.75, 3.05) is 0 Å². The first-order chi connectivity index (χ1) is 8.91. The highest BCUT2D eigenvalue weighted by Gasteiger charge is 2.20. The van der Waals surface area contributed by atoms with E-state index in [0.29, 0.717) is 17.7 Å². The van der Waals surface area contributed by atoms with Crippen LogP contribution >= 0.6 is 23.2 Å². The summed E-state index contributed by atoms with van der Waals surface area (Å²) in [6.45, 7) is 0. The van der Waals surface area contributed by atoms with Crippen LogP contribution in [0.1, 0.15) is 17.2 Å². The largest absolute Gasteiger partial charge is 0.320 e. The Morgan fingerprint density at radius 3 is 2.21 bits per heavy atom. The lowest BCUT2D eigenvalue weighted by atomic mass is 9.99. The van der Waals surface area contributed by atoms with E-state index in [1.165, 1.54) is 0 Å². The quantitative estimate of drug-likeness (QED) is 0.815. The summed E-state index contributed by atoms with van der Waals surface area (Å²) in [7, 11) is 0. The van der Waals surface area contributed by atoms with Crippen molar-refractivity contribution in [1.29, 1.82) is 0 Å². The van der Waals surface area contributed by atoms with Gasteiger partial charge in [-0.2, -0.15) is 0 Å². The zero-order valence-corrected chi connectivity index (χ0v) is 10.9. The molecule has 0 spiro atoms. The number of rotatable bonds is 2. The minimum absolute atomic E-state index is 0.154. The highest BCUT2D eigenvalue weighted by atomic mass is 35.5. The molecule has 0 bridgehead atoms. The molecular weight excluding hydrogens is 298 g/mol. The molecule has 2 rings (SSSR count). The highest BCUT2D eigenvalue weighted by molar-refractivity contribution is 6.42. The van der Waals surface area contributed by atoms with Gasteiger partial charge in [-0.1, -0.05) is 35.3 Å². The number of halogens is 5. The lowest BCUT2D eigenvalue weighted by Crippen LogP contribution is -2.15. The predicted molar refractivity (Wildman–Crippen MR) is 68.8 cm³/mol. The molecule has 0 fully saturated rings. The summed E-state index contributed by atoms with van der Waals surface area (Å²) in [6, 6.07) is 4.79. The molecule has 6 heteroatoms. The summed E-state index contributed by atoms with van der Waals surface area (Å²) in [4.78, 5) is 0. The Hall–Kier alpha value is -1.23. The lowest BCUT2D eigenvalue weighted by Gasteiger charge is -2.16. The lowest BCUT2D eigenvalue weighted by molar-refractivity contribution is 0.487. The van der Waals surface area contributed by atoms with Gasteiger partial charge in [0.05, 0.1) is 16.1 Å². The van der Waals surface area contributed by atoms with Crippen LogP contribution < -0.4 is 5.73 Å². The van der Waals surface area contributed by atoms with Crippen LogP contribution in [0, 0.1) is 17.5 Å². The van der Waals surface area contributed by atoms with Gasteiger partial charge in [0.2, 0.25) is 0 Å². The topological polar surface area (TPSA) is 26.0 Å². The predicted octanol–water partition coefficient (Wildman–Crippen LogP) is 4.46. The van der Waals surface area contributed by atoms with E-state index in [4.69, 9.17) is 28.9 Å².